The Morgan fingerprint density at radius 2 is 1.89 bits per heavy atom. The zero-order valence-corrected chi connectivity index (χ0v) is 15.6. The number of amides is 2. The third-order valence-corrected chi connectivity index (χ3v) is 4.70. The quantitative estimate of drug-likeness (QED) is 0.804. The van der Waals surface area contributed by atoms with Crippen LogP contribution in [0.1, 0.15) is 27.6 Å². The number of carbonyl (C=O) groups excluding carboxylic acids is 2. The molecule has 3 rings (SSSR count). The standard InChI is InChI=1S/C21H21ClN2O3/c1-2-20(25)23-13-15-3-5-17(6-4-15)21(26)24-11-12-27-19(14-24)16-7-9-18(22)10-8-16/h2-10,19H,1,11-14H2,(H,23,25). The number of benzene rings is 2. The highest BCUT2D eigenvalue weighted by molar-refractivity contribution is 6.30. The minimum Gasteiger partial charge on any atom is -0.370 e. The number of rotatable bonds is 5. The van der Waals surface area contributed by atoms with E-state index in [-0.39, 0.29) is 17.9 Å². The Balaban J connectivity index is 1.63. The fourth-order valence-electron chi connectivity index (χ4n) is 2.92. The lowest BCUT2D eigenvalue weighted by atomic mass is 10.1. The van der Waals surface area contributed by atoms with Gasteiger partial charge in [0.05, 0.1) is 13.2 Å². The van der Waals surface area contributed by atoms with E-state index in [1.807, 2.05) is 36.4 Å². The van der Waals surface area contributed by atoms with Gasteiger partial charge in [-0.25, -0.2) is 0 Å². The van der Waals surface area contributed by atoms with E-state index in [9.17, 15) is 9.59 Å². The summed E-state index contributed by atoms with van der Waals surface area (Å²) in [6.07, 6.45) is 1.07. The second kappa shape index (κ2) is 8.84. The maximum absolute atomic E-state index is 12.8. The summed E-state index contributed by atoms with van der Waals surface area (Å²) in [5.74, 6) is -0.254. The second-order valence-electron chi connectivity index (χ2n) is 6.28. The molecule has 140 valence electrons. The summed E-state index contributed by atoms with van der Waals surface area (Å²) in [7, 11) is 0. The van der Waals surface area contributed by atoms with Crippen LogP contribution in [0.4, 0.5) is 0 Å². The van der Waals surface area contributed by atoms with Gasteiger partial charge < -0.3 is 15.0 Å². The van der Waals surface area contributed by atoms with E-state index in [1.54, 1.807) is 17.0 Å². The largest absolute Gasteiger partial charge is 0.370 e. The van der Waals surface area contributed by atoms with Crippen molar-refractivity contribution in [3.63, 3.8) is 0 Å². The first-order chi connectivity index (χ1) is 13.1. The van der Waals surface area contributed by atoms with Crippen LogP contribution in [0, 0.1) is 0 Å². The van der Waals surface area contributed by atoms with Crippen LogP contribution in [0.25, 0.3) is 0 Å². The van der Waals surface area contributed by atoms with Gasteiger partial charge >= 0.3 is 0 Å². The lowest BCUT2D eigenvalue weighted by Gasteiger charge is -2.33. The molecule has 2 aromatic carbocycles. The van der Waals surface area contributed by atoms with Gasteiger partial charge in [0.2, 0.25) is 5.91 Å². The first-order valence-corrected chi connectivity index (χ1v) is 9.10. The fraction of sp³-hybridized carbons (Fsp3) is 0.238. The van der Waals surface area contributed by atoms with Crippen molar-refractivity contribution in [2.24, 2.45) is 0 Å². The molecule has 6 heteroatoms. The van der Waals surface area contributed by atoms with Gasteiger partial charge in [-0.3, -0.25) is 9.59 Å². The monoisotopic (exact) mass is 384 g/mol. The molecule has 1 fully saturated rings. The Labute approximate surface area is 163 Å². The highest BCUT2D eigenvalue weighted by Crippen LogP contribution is 2.24. The van der Waals surface area contributed by atoms with E-state index in [0.29, 0.717) is 36.8 Å². The average molecular weight is 385 g/mol. The molecule has 0 radical (unpaired) electrons. The molecule has 27 heavy (non-hydrogen) atoms. The van der Waals surface area contributed by atoms with E-state index in [1.165, 1.54) is 6.08 Å². The summed E-state index contributed by atoms with van der Waals surface area (Å²) >= 11 is 5.94. The highest BCUT2D eigenvalue weighted by Gasteiger charge is 2.26. The van der Waals surface area contributed by atoms with Crippen molar-refractivity contribution >= 4 is 23.4 Å². The van der Waals surface area contributed by atoms with Crippen LogP contribution in [0.15, 0.2) is 61.2 Å². The Bertz CT molecular complexity index is 818. The number of nitrogens with one attached hydrogen (secondary N) is 1. The molecule has 1 aliphatic rings. The molecule has 0 aromatic heterocycles. The molecule has 2 amide bonds. The predicted octanol–water partition coefficient (Wildman–Crippen LogP) is 3.36. The number of carbonyl (C=O) groups is 2. The van der Waals surface area contributed by atoms with Gasteiger partial charge in [-0.2, -0.15) is 0 Å². The number of hydrogen-bond acceptors (Lipinski definition) is 3. The minimum absolute atomic E-state index is 0.0288. The van der Waals surface area contributed by atoms with Crippen LogP contribution in [-0.4, -0.2) is 36.4 Å². The zero-order valence-electron chi connectivity index (χ0n) is 14.9. The maximum atomic E-state index is 12.8. The van der Waals surface area contributed by atoms with Gasteiger partial charge in [0, 0.05) is 23.7 Å². The number of ether oxygens (including phenoxy) is 1. The van der Waals surface area contributed by atoms with Crippen molar-refractivity contribution in [1.82, 2.24) is 10.2 Å². The molecule has 0 saturated carbocycles. The lowest BCUT2D eigenvalue weighted by molar-refractivity contribution is -0.116. The van der Waals surface area contributed by atoms with E-state index < -0.39 is 0 Å². The van der Waals surface area contributed by atoms with Gasteiger partial charge in [0.25, 0.3) is 5.91 Å². The Kier molecular flexibility index (Phi) is 6.27. The van der Waals surface area contributed by atoms with E-state index in [2.05, 4.69) is 11.9 Å². The van der Waals surface area contributed by atoms with Gasteiger partial charge in [-0.1, -0.05) is 42.4 Å². The van der Waals surface area contributed by atoms with Crippen molar-refractivity contribution in [3.8, 4) is 0 Å². The Morgan fingerprint density at radius 1 is 1.19 bits per heavy atom. The molecule has 1 aliphatic heterocycles. The Morgan fingerprint density at radius 3 is 2.56 bits per heavy atom. The van der Waals surface area contributed by atoms with E-state index in [4.69, 9.17) is 16.3 Å². The van der Waals surface area contributed by atoms with E-state index >= 15 is 0 Å². The topological polar surface area (TPSA) is 58.6 Å². The van der Waals surface area contributed by atoms with Crippen LogP contribution in [0.3, 0.4) is 0 Å². The maximum Gasteiger partial charge on any atom is 0.254 e. The van der Waals surface area contributed by atoms with Crippen molar-refractivity contribution < 1.29 is 14.3 Å². The summed E-state index contributed by atoms with van der Waals surface area (Å²) in [5.41, 5.74) is 2.54. The third-order valence-electron chi connectivity index (χ3n) is 4.45. The summed E-state index contributed by atoms with van der Waals surface area (Å²) < 4.78 is 5.82. The predicted molar refractivity (Wildman–Crippen MR) is 105 cm³/mol. The van der Waals surface area contributed by atoms with Gasteiger partial charge in [-0.15, -0.1) is 0 Å². The molecule has 1 saturated heterocycles. The van der Waals surface area contributed by atoms with Gasteiger partial charge in [-0.05, 0) is 41.5 Å². The number of halogens is 1. The van der Waals surface area contributed by atoms with Crippen LogP contribution >= 0.6 is 11.6 Å². The summed E-state index contributed by atoms with van der Waals surface area (Å²) in [4.78, 5) is 25.8. The van der Waals surface area contributed by atoms with Crippen LogP contribution in [0.5, 0.6) is 0 Å². The normalized spacial score (nSPS) is 16.6. The molecule has 1 atom stereocenters. The number of morpholine rings is 1. The smallest absolute Gasteiger partial charge is 0.254 e. The molecule has 1 unspecified atom stereocenters. The minimum atomic E-state index is -0.225. The van der Waals surface area contributed by atoms with Gasteiger partial charge in [0.15, 0.2) is 0 Å². The molecule has 0 aliphatic carbocycles. The zero-order chi connectivity index (χ0) is 19.2. The lowest BCUT2D eigenvalue weighted by Crippen LogP contribution is -2.42. The summed E-state index contributed by atoms with van der Waals surface area (Å²) in [6, 6.07) is 14.7. The Hall–Kier alpha value is -2.63. The second-order valence-corrected chi connectivity index (χ2v) is 6.72. The van der Waals surface area contributed by atoms with Crippen LogP contribution in [-0.2, 0) is 16.1 Å². The van der Waals surface area contributed by atoms with Crippen molar-refractivity contribution in [1.29, 1.82) is 0 Å². The van der Waals surface area contributed by atoms with Crippen molar-refractivity contribution in [2.75, 3.05) is 19.7 Å². The third kappa shape index (κ3) is 4.96. The average Bonchev–Trinajstić information content (AvgIpc) is 2.72. The van der Waals surface area contributed by atoms with Crippen molar-refractivity contribution in [3.05, 3.63) is 82.9 Å². The van der Waals surface area contributed by atoms with Crippen molar-refractivity contribution in [2.45, 2.75) is 12.6 Å². The van der Waals surface area contributed by atoms with Gasteiger partial charge in [0.1, 0.15) is 6.10 Å². The first-order valence-electron chi connectivity index (χ1n) is 8.72. The molecule has 1 N–H and O–H groups in total. The number of hydrogen-bond donors (Lipinski definition) is 1. The fourth-order valence-corrected chi connectivity index (χ4v) is 3.05. The molecule has 2 aromatic rings. The summed E-state index contributed by atoms with van der Waals surface area (Å²) in [5, 5.41) is 3.38. The molecule has 1 heterocycles. The highest BCUT2D eigenvalue weighted by atomic mass is 35.5. The SMILES string of the molecule is C=CC(=O)NCc1ccc(C(=O)N2CCOC(c3ccc(Cl)cc3)C2)cc1. The summed E-state index contributed by atoms with van der Waals surface area (Å²) in [6.45, 7) is 5.36. The molecular weight excluding hydrogens is 364 g/mol. The van der Waals surface area contributed by atoms with E-state index in [0.717, 1.165) is 11.1 Å². The van der Waals surface area contributed by atoms with Crippen LogP contribution < -0.4 is 5.32 Å². The number of nitrogens with zero attached hydrogens (tertiary/aromatic N) is 1. The molecule has 5 nitrogen and oxygen atoms in total. The molecule has 0 spiro atoms. The molecule has 0 bridgehead atoms. The van der Waals surface area contributed by atoms with Crippen LogP contribution in [0.2, 0.25) is 5.02 Å². The molecular formula is C21H21ClN2O3. The first kappa shape index (κ1) is 19.1.